The van der Waals surface area contributed by atoms with Crippen LogP contribution >= 0.6 is 0 Å². The number of likely N-dealkylation sites (tertiary alicyclic amines) is 1. The Hall–Kier alpha value is -1.81. The number of aromatic amines is 1. The maximum atomic E-state index is 4.09. The third-order valence-electron chi connectivity index (χ3n) is 5.52. The molecule has 1 saturated heterocycles. The number of fused-ring (bicyclic) bond motifs is 1. The first-order valence-electron chi connectivity index (χ1n) is 8.90. The van der Waals surface area contributed by atoms with Crippen LogP contribution in [-0.2, 0) is 0 Å². The van der Waals surface area contributed by atoms with Gasteiger partial charge in [0, 0.05) is 36.2 Å². The molecule has 0 radical (unpaired) electrons. The maximum absolute atomic E-state index is 4.09. The number of benzene rings is 1. The highest BCUT2D eigenvalue weighted by molar-refractivity contribution is 5.81. The van der Waals surface area contributed by atoms with E-state index in [2.05, 4.69) is 57.7 Å². The molecule has 1 aliphatic carbocycles. The Bertz CT molecular complexity index is 689. The summed E-state index contributed by atoms with van der Waals surface area (Å²) in [7, 11) is 0. The summed E-state index contributed by atoms with van der Waals surface area (Å²) < 4.78 is 0. The molecule has 2 aliphatic rings. The summed E-state index contributed by atoms with van der Waals surface area (Å²) in [6.07, 6.45) is 11.9. The highest BCUT2D eigenvalue weighted by Crippen LogP contribution is 2.27. The van der Waals surface area contributed by atoms with Crippen LogP contribution in [0.3, 0.4) is 0 Å². The second-order valence-electron chi connectivity index (χ2n) is 7.06. The van der Waals surface area contributed by atoms with Crippen LogP contribution in [0.2, 0.25) is 0 Å². The zero-order chi connectivity index (χ0) is 15.6. The number of rotatable bonds is 4. The monoisotopic (exact) mass is 310 g/mol. The van der Waals surface area contributed by atoms with Gasteiger partial charge in [-0.25, -0.2) is 0 Å². The van der Waals surface area contributed by atoms with Crippen LogP contribution in [0.5, 0.6) is 0 Å². The van der Waals surface area contributed by atoms with Crippen molar-refractivity contribution in [3.05, 3.63) is 36.5 Å². The average molecular weight is 310 g/mol. The van der Waals surface area contributed by atoms with E-state index in [-0.39, 0.29) is 0 Å². The smallest absolute Gasteiger partial charge is 0.0651 e. The molecule has 23 heavy (non-hydrogen) atoms. The van der Waals surface area contributed by atoms with E-state index in [1.807, 2.05) is 6.20 Å². The zero-order valence-electron chi connectivity index (χ0n) is 13.8. The minimum absolute atomic E-state index is 0.550. The molecule has 1 aliphatic heterocycles. The van der Waals surface area contributed by atoms with Crippen molar-refractivity contribution < 1.29 is 0 Å². The number of aromatic nitrogens is 2. The quantitative estimate of drug-likeness (QED) is 0.844. The number of hydrogen-bond acceptors (Lipinski definition) is 3. The Morgan fingerprint density at radius 2 is 2.30 bits per heavy atom. The SMILES string of the molecule is CC(C1C=CCCC1)N1CCC(Nc2ccc3[nH]ncc3c2)C1. The van der Waals surface area contributed by atoms with Crippen molar-refractivity contribution in [2.75, 3.05) is 18.4 Å². The summed E-state index contributed by atoms with van der Waals surface area (Å²) in [6.45, 7) is 4.76. The van der Waals surface area contributed by atoms with Gasteiger partial charge in [0.1, 0.15) is 0 Å². The fourth-order valence-corrected chi connectivity index (χ4v) is 4.05. The lowest BCUT2D eigenvalue weighted by Crippen LogP contribution is -2.38. The van der Waals surface area contributed by atoms with Gasteiger partial charge in [-0.05, 0) is 56.7 Å². The van der Waals surface area contributed by atoms with Crippen LogP contribution < -0.4 is 5.32 Å². The summed E-state index contributed by atoms with van der Waals surface area (Å²) in [4.78, 5) is 2.66. The average Bonchev–Trinajstić information content (AvgIpc) is 3.24. The molecule has 0 bridgehead atoms. The van der Waals surface area contributed by atoms with Crippen molar-refractivity contribution >= 4 is 16.6 Å². The molecule has 0 saturated carbocycles. The summed E-state index contributed by atoms with van der Waals surface area (Å²) in [5, 5.41) is 12.0. The fraction of sp³-hybridized carbons (Fsp3) is 0.526. The molecular formula is C19H26N4. The van der Waals surface area contributed by atoms with E-state index < -0.39 is 0 Å². The van der Waals surface area contributed by atoms with Gasteiger partial charge in [-0.3, -0.25) is 10.00 Å². The Labute approximate surface area is 137 Å². The van der Waals surface area contributed by atoms with Gasteiger partial charge in [-0.2, -0.15) is 5.10 Å². The molecule has 2 heterocycles. The van der Waals surface area contributed by atoms with E-state index in [0.29, 0.717) is 12.1 Å². The number of hydrogen-bond donors (Lipinski definition) is 2. The van der Waals surface area contributed by atoms with Crippen LogP contribution in [-0.4, -0.2) is 40.3 Å². The first-order valence-corrected chi connectivity index (χ1v) is 8.90. The van der Waals surface area contributed by atoms with Crippen LogP contribution in [0, 0.1) is 5.92 Å². The minimum Gasteiger partial charge on any atom is -0.381 e. The molecule has 3 atom stereocenters. The van der Waals surface area contributed by atoms with Crippen molar-refractivity contribution in [3.8, 4) is 0 Å². The number of anilines is 1. The zero-order valence-corrected chi connectivity index (χ0v) is 13.8. The molecule has 0 amide bonds. The lowest BCUT2D eigenvalue weighted by Gasteiger charge is -2.31. The first kappa shape index (κ1) is 14.8. The fourth-order valence-electron chi connectivity index (χ4n) is 4.05. The molecule has 1 fully saturated rings. The molecule has 2 N–H and O–H groups in total. The van der Waals surface area contributed by atoms with Gasteiger partial charge < -0.3 is 5.32 Å². The predicted octanol–water partition coefficient (Wildman–Crippen LogP) is 3.79. The van der Waals surface area contributed by atoms with E-state index in [1.54, 1.807) is 0 Å². The Morgan fingerprint density at radius 3 is 3.17 bits per heavy atom. The topological polar surface area (TPSA) is 44.0 Å². The van der Waals surface area contributed by atoms with E-state index in [0.717, 1.165) is 18.0 Å². The van der Waals surface area contributed by atoms with Gasteiger partial charge in [0.05, 0.1) is 11.7 Å². The second-order valence-corrected chi connectivity index (χ2v) is 7.06. The molecule has 3 unspecified atom stereocenters. The van der Waals surface area contributed by atoms with Gasteiger partial charge >= 0.3 is 0 Å². The second kappa shape index (κ2) is 6.36. The van der Waals surface area contributed by atoms with Crippen LogP contribution in [0.1, 0.15) is 32.6 Å². The molecule has 1 aromatic heterocycles. The Balaban J connectivity index is 1.37. The van der Waals surface area contributed by atoms with E-state index >= 15 is 0 Å². The van der Waals surface area contributed by atoms with Crippen molar-refractivity contribution in [1.29, 1.82) is 0 Å². The molecule has 1 aromatic carbocycles. The predicted molar refractivity (Wildman–Crippen MR) is 95.6 cm³/mol. The largest absolute Gasteiger partial charge is 0.381 e. The molecular weight excluding hydrogens is 284 g/mol. The van der Waals surface area contributed by atoms with Crippen LogP contribution in [0.15, 0.2) is 36.5 Å². The summed E-state index contributed by atoms with van der Waals surface area (Å²) in [5.41, 5.74) is 2.30. The van der Waals surface area contributed by atoms with Gasteiger partial charge in [-0.1, -0.05) is 12.2 Å². The number of nitrogens with zero attached hydrogens (tertiary/aromatic N) is 2. The van der Waals surface area contributed by atoms with Crippen molar-refractivity contribution in [3.63, 3.8) is 0 Å². The Morgan fingerprint density at radius 1 is 1.35 bits per heavy atom. The standard InChI is InChI=1S/C19H26N4/c1-14(15-5-3-2-4-6-15)23-10-9-18(13-23)21-17-7-8-19-16(11-17)12-20-22-19/h3,5,7-8,11-12,14-15,18,21H,2,4,6,9-10,13H2,1H3,(H,20,22). The summed E-state index contributed by atoms with van der Waals surface area (Å²) >= 11 is 0. The van der Waals surface area contributed by atoms with Gasteiger partial charge in [0.2, 0.25) is 0 Å². The van der Waals surface area contributed by atoms with Crippen LogP contribution in [0.25, 0.3) is 10.9 Å². The van der Waals surface area contributed by atoms with E-state index in [9.17, 15) is 0 Å². The highest BCUT2D eigenvalue weighted by Gasteiger charge is 2.29. The lowest BCUT2D eigenvalue weighted by molar-refractivity contribution is 0.201. The number of H-pyrrole nitrogens is 1. The molecule has 4 heteroatoms. The van der Waals surface area contributed by atoms with Gasteiger partial charge in [0.25, 0.3) is 0 Å². The third-order valence-corrected chi connectivity index (χ3v) is 5.52. The number of allylic oxidation sites excluding steroid dienone is 1. The third kappa shape index (κ3) is 3.13. The number of nitrogens with one attached hydrogen (secondary N) is 2. The van der Waals surface area contributed by atoms with Crippen molar-refractivity contribution in [2.24, 2.45) is 5.92 Å². The lowest BCUT2D eigenvalue weighted by atomic mass is 9.89. The van der Waals surface area contributed by atoms with Gasteiger partial charge in [0.15, 0.2) is 0 Å². The molecule has 2 aromatic rings. The van der Waals surface area contributed by atoms with Crippen molar-refractivity contribution in [2.45, 2.75) is 44.7 Å². The normalized spacial score (nSPS) is 26.7. The van der Waals surface area contributed by atoms with Gasteiger partial charge in [-0.15, -0.1) is 0 Å². The van der Waals surface area contributed by atoms with E-state index in [1.165, 1.54) is 43.3 Å². The molecule has 0 spiro atoms. The molecule has 122 valence electrons. The highest BCUT2D eigenvalue weighted by atomic mass is 15.2. The molecule has 4 nitrogen and oxygen atoms in total. The maximum Gasteiger partial charge on any atom is 0.0651 e. The first-order chi connectivity index (χ1) is 11.3. The van der Waals surface area contributed by atoms with E-state index in [4.69, 9.17) is 0 Å². The molecule has 4 rings (SSSR count). The summed E-state index contributed by atoms with van der Waals surface area (Å²) in [5.74, 6) is 0.741. The summed E-state index contributed by atoms with van der Waals surface area (Å²) in [6, 6.07) is 7.65. The van der Waals surface area contributed by atoms with Crippen molar-refractivity contribution in [1.82, 2.24) is 15.1 Å². The Kier molecular flexibility index (Phi) is 4.08. The minimum atomic E-state index is 0.550. The van der Waals surface area contributed by atoms with Crippen LogP contribution in [0.4, 0.5) is 5.69 Å².